The van der Waals surface area contributed by atoms with Gasteiger partial charge in [0.05, 0.1) is 11.6 Å². The van der Waals surface area contributed by atoms with Gasteiger partial charge >= 0.3 is 0 Å². The zero-order valence-electron chi connectivity index (χ0n) is 9.33. The van der Waals surface area contributed by atoms with Crippen LogP contribution in [-0.2, 0) is 4.74 Å². The summed E-state index contributed by atoms with van der Waals surface area (Å²) in [5.74, 6) is 0.927. The van der Waals surface area contributed by atoms with Crippen LogP contribution in [0.1, 0.15) is 26.2 Å². The third-order valence-corrected chi connectivity index (χ3v) is 4.00. The Labute approximate surface area is 86.6 Å². The zero-order valence-corrected chi connectivity index (χ0v) is 9.33. The Morgan fingerprint density at radius 1 is 1.50 bits per heavy atom. The predicted octanol–water partition coefficient (Wildman–Crippen LogP) is 0.834. The van der Waals surface area contributed by atoms with E-state index in [9.17, 15) is 0 Å². The van der Waals surface area contributed by atoms with Crippen LogP contribution in [0.2, 0.25) is 0 Å². The molecule has 2 fully saturated rings. The van der Waals surface area contributed by atoms with E-state index in [1.165, 1.54) is 19.4 Å². The van der Waals surface area contributed by atoms with Gasteiger partial charge in [0, 0.05) is 19.7 Å². The molecule has 2 N–H and O–H groups in total. The average Bonchev–Trinajstić information content (AvgIpc) is 2.88. The van der Waals surface area contributed by atoms with Gasteiger partial charge in [0.1, 0.15) is 0 Å². The van der Waals surface area contributed by atoms with Crippen LogP contribution in [0.4, 0.5) is 0 Å². The van der Waals surface area contributed by atoms with Crippen LogP contribution < -0.4 is 5.73 Å². The first kappa shape index (κ1) is 10.4. The summed E-state index contributed by atoms with van der Waals surface area (Å²) in [7, 11) is 2.20. The molecule has 2 atom stereocenters. The fraction of sp³-hybridized carbons (Fsp3) is 1.00. The van der Waals surface area contributed by atoms with Gasteiger partial charge in [0.2, 0.25) is 0 Å². The molecule has 1 aliphatic carbocycles. The molecule has 0 aromatic rings. The van der Waals surface area contributed by atoms with E-state index < -0.39 is 0 Å². The minimum atomic E-state index is 0.114. The van der Waals surface area contributed by atoms with Gasteiger partial charge in [-0.25, -0.2) is 0 Å². The molecule has 3 nitrogen and oxygen atoms in total. The highest BCUT2D eigenvalue weighted by molar-refractivity contribution is 5.00. The Hall–Kier alpha value is -0.120. The summed E-state index contributed by atoms with van der Waals surface area (Å²) < 4.78 is 5.66. The first-order valence-corrected chi connectivity index (χ1v) is 5.72. The number of ether oxygens (including phenoxy) is 1. The number of nitrogens with zero attached hydrogens (tertiary/aromatic N) is 1. The predicted molar refractivity (Wildman–Crippen MR) is 57.2 cm³/mol. The largest absolute Gasteiger partial charge is 0.376 e. The van der Waals surface area contributed by atoms with E-state index >= 15 is 0 Å². The van der Waals surface area contributed by atoms with Crippen molar-refractivity contribution in [3.8, 4) is 0 Å². The van der Waals surface area contributed by atoms with E-state index in [2.05, 4.69) is 18.9 Å². The third-order valence-electron chi connectivity index (χ3n) is 4.00. The lowest BCUT2D eigenvalue weighted by molar-refractivity contribution is 0.0263. The second-order valence-electron chi connectivity index (χ2n) is 4.89. The summed E-state index contributed by atoms with van der Waals surface area (Å²) in [6, 6.07) is 0. The second kappa shape index (κ2) is 3.80. The highest BCUT2D eigenvalue weighted by atomic mass is 16.5. The summed E-state index contributed by atoms with van der Waals surface area (Å²) in [5.41, 5.74) is 6.05. The van der Waals surface area contributed by atoms with Gasteiger partial charge in [0.25, 0.3) is 0 Å². The lowest BCUT2D eigenvalue weighted by Gasteiger charge is -2.40. The number of nitrogens with two attached hydrogens (primary N) is 1. The maximum Gasteiger partial charge on any atom is 0.0743 e. The molecule has 0 amide bonds. The smallest absolute Gasteiger partial charge is 0.0743 e. The average molecular weight is 198 g/mol. The molecule has 14 heavy (non-hydrogen) atoms. The number of likely N-dealkylation sites (N-methyl/N-ethyl adjacent to an activating group) is 1. The highest BCUT2D eigenvalue weighted by Gasteiger charge is 2.44. The van der Waals surface area contributed by atoms with E-state index in [0.717, 1.165) is 25.5 Å². The van der Waals surface area contributed by atoms with Crippen molar-refractivity contribution in [3.05, 3.63) is 0 Å². The quantitative estimate of drug-likeness (QED) is 0.727. The molecule has 2 aliphatic rings. The monoisotopic (exact) mass is 198 g/mol. The van der Waals surface area contributed by atoms with Crippen molar-refractivity contribution in [3.63, 3.8) is 0 Å². The summed E-state index contributed by atoms with van der Waals surface area (Å²) >= 11 is 0. The Morgan fingerprint density at radius 3 is 2.64 bits per heavy atom. The summed E-state index contributed by atoms with van der Waals surface area (Å²) in [4.78, 5) is 2.45. The molecule has 1 heterocycles. The Balaban J connectivity index is 2.01. The molecule has 2 rings (SSSR count). The lowest BCUT2D eigenvalue weighted by atomic mass is 9.90. The Morgan fingerprint density at radius 2 is 2.21 bits per heavy atom. The zero-order chi connectivity index (χ0) is 10.2. The van der Waals surface area contributed by atoms with E-state index in [1.54, 1.807) is 0 Å². The number of rotatable bonds is 4. The van der Waals surface area contributed by atoms with Crippen molar-refractivity contribution in [1.82, 2.24) is 4.90 Å². The molecule has 82 valence electrons. The molecule has 1 aliphatic heterocycles. The highest BCUT2D eigenvalue weighted by Crippen LogP contribution is 2.35. The van der Waals surface area contributed by atoms with Gasteiger partial charge in [-0.3, -0.25) is 4.90 Å². The topological polar surface area (TPSA) is 38.5 Å². The summed E-state index contributed by atoms with van der Waals surface area (Å²) in [5, 5.41) is 0. The first-order valence-electron chi connectivity index (χ1n) is 5.72. The van der Waals surface area contributed by atoms with Crippen molar-refractivity contribution in [2.75, 3.05) is 26.7 Å². The number of hydrogen-bond donors (Lipinski definition) is 1. The van der Waals surface area contributed by atoms with Gasteiger partial charge < -0.3 is 10.5 Å². The molecule has 0 bridgehead atoms. The molecular formula is C11H22N2O. The minimum absolute atomic E-state index is 0.114. The second-order valence-corrected chi connectivity index (χ2v) is 4.89. The van der Waals surface area contributed by atoms with Gasteiger partial charge in [-0.15, -0.1) is 0 Å². The van der Waals surface area contributed by atoms with Crippen LogP contribution in [-0.4, -0.2) is 43.3 Å². The molecule has 1 saturated carbocycles. The SMILES string of the molecule is CC1OCCC1(CN)N(C)CC1CC1. The molecule has 3 heteroatoms. The molecule has 0 radical (unpaired) electrons. The third kappa shape index (κ3) is 1.69. The van der Waals surface area contributed by atoms with Crippen LogP contribution in [0, 0.1) is 5.92 Å². The van der Waals surface area contributed by atoms with Gasteiger partial charge in [-0.1, -0.05) is 0 Å². The van der Waals surface area contributed by atoms with Crippen LogP contribution >= 0.6 is 0 Å². The van der Waals surface area contributed by atoms with Gasteiger partial charge in [0.15, 0.2) is 0 Å². The van der Waals surface area contributed by atoms with Crippen LogP contribution in [0.5, 0.6) is 0 Å². The van der Waals surface area contributed by atoms with Crippen LogP contribution in [0.3, 0.4) is 0 Å². The van der Waals surface area contributed by atoms with Gasteiger partial charge in [-0.05, 0) is 39.2 Å². The normalized spacial score (nSPS) is 38.1. The van der Waals surface area contributed by atoms with E-state index in [-0.39, 0.29) is 11.6 Å². The van der Waals surface area contributed by atoms with Crippen molar-refractivity contribution in [2.24, 2.45) is 11.7 Å². The van der Waals surface area contributed by atoms with Crippen LogP contribution in [0.25, 0.3) is 0 Å². The molecule has 2 unspecified atom stereocenters. The van der Waals surface area contributed by atoms with E-state index in [1.807, 2.05) is 0 Å². The fourth-order valence-corrected chi connectivity index (χ4v) is 2.57. The molecule has 0 aromatic carbocycles. The maximum atomic E-state index is 5.93. The van der Waals surface area contributed by atoms with E-state index in [0.29, 0.717) is 0 Å². The molecular weight excluding hydrogens is 176 g/mol. The Kier molecular flexibility index (Phi) is 2.82. The van der Waals surface area contributed by atoms with Crippen molar-refractivity contribution >= 4 is 0 Å². The van der Waals surface area contributed by atoms with Crippen molar-refractivity contribution < 1.29 is 4.74 Å². The standard InChI is InChI=1S/C11H22N2O/c1-9-11(8-12,5-6-14-9)13(2)7-10-3-4-10/h9-10H,3-8,12H2,1-2H3. The van der Waals surface area contributed by atoms with Crippen molar-refractivity contribution in [1.29, 1.82) is 0 Å². The molecule has 0 spiro atoms. The number of hydrogen-bond acceptors (Lipinski definition) is 3. The minimum Gasteiger partial charge on any atom is -0.376 e. The maximum absolute atomic E-state index is 5.93. The lowest BCUT2D eigenvalue weighted by Crippen LogP contribution is -2.57. The summed E-state index contributed by atoms with van der Waals surface area (Å²) in [6.07, 6.45) is 4.19. The summed E-state index contributed by atoms with van der Waals surface area (Å²) in [6.45, 7) is 4.94. The molecule has 0 aromatic heterocycles. The molecule has 1 saturated heterocycles. The van der Waals surface area contributed by atoms with Gasteiger partial charge in [-0.2, -0.15) is 0 Å². The first-order chi connectivity index (χ1) is 6.69. The Bertz CT molecular complexity index is 205. The fourth-order valence-electron chi connectivity index (χ4n) is 2.57. The van der Waals surface area contributed by atoms with E-state index in [4.69, 9.17) is 10.5 Å². The van der Waals surface area contributed by atoms with Crippen molar-refractivity contribution in [2.45, 2.75) is 37.8 Å². The van der Waals surface area contributed by atoms with Crippen LogP contribution in [0.15, 0.2) is 0 Å².